The molecule has 2 saturated heterocycles. The zero-order valence-electron chi connectivity index (χ0n) is 32.3. The van der Waals surface area contributed by atoms with Gasteiger partial charge in [0.1, 0.15) is 54.7 Å². The van der Waals surface area contributed by atoms with Crippen LogP contribution < -0.4 is 11.5 Å². The fraction of sp³-hybridized carbons (Fsp3) is 0.694. The first-order chi connectivity index (χ1) is 27.6. The molecule has 2 fully saturated rings. The van der Waals surface area contributed by atoms with Gasteiger partial charge in [-0.25, -0.2) is 29.9 Å². The molecule has 0 aliphatic carbocycles. The van der Waals surface area contributed by atoms with Gasteiger partial charge in [0.15, 0.2) is 35.4 Å². The highest BCUT2D eigenvalue weighted by Gasteiger charge is 2.46. The van der Waals surface area contributed by atoms with Crippen molar-refractivity contribution < 1.29 is 43.2 Å². The minimum absolute atomic E-state index is 0.0482. The minimum atomic E-state index is -4.05. The molecule has 4 aromatic heterocycles. The van der Waals surface area contributed by atoms with Crippen molar-refractivity contribution >= 4 is 58.5 Å². The van der Waals surface area contributed by atoms with E-state index in [1.54, 1.807) is 4.57 Å². The number of hydrogen-bond acceptors (Lipinski definition) is 17. The van der Waals surface area contributed by atoms with Gasteiger partial charge in [0, 0.05) is 12.8 Å². The van der Waals surface area contributed by atoms with Gasteiger partial charge in [0.2, 0.25) is 0 Å². The third-order valence-corrected chi connectivity index (χ3v) is 12.0. The van der Waals surface area contributed by atoms with E-state index >= 15 is 0 Å². The number of anilines is 2. The van der Waals surface area contributed by atoms with E-state index in [0.717, 1.165) is 19.3 Å². The number of imidazole rings is 2. The highest BCUT2D eigenvalue weighted by atomic mass is 32.5. The van der Waals surface area contributed by atoms with Crippen molar-refractivity contribution in [1.29, 1.82) is 0 Å². The fourth-order valence-corrected chi connectivity index (χ4v) is 8.73. The predicted octanol–water partition coefficient (Wildman–Crippen LogP) is 4.38. The molecular weight excluding hydrogens is 779 g/mol. The van der Waals surface area contributed by atoms with Crippen LogP contribution in [0.2, 0.25) is 0 Å². The van der Waals surface area contributed by atoms with E-state index in [1.165, 1.54) is 94.1 Å². The molecule has 2 aliphatic heterocycles. The number of nitrogens with two attached hydrogens (primary N) is 2. The summed E-state index contributed by atoms with van der Waals surface area (Å²) < 4.78 is 32.5. The maximum absolute atomic E-state index is 12.7. The number of nitrogen functional groups attached to an aromatic ring is 2. The summed E-state index contributed by atoms with van der Waals surface area (Å²) in [6.07, 6.45) is 14.1. The van der Waals surface area contributed by atoms with Crippen LogP contribution >= 0.6 is 6.72 Å². The van der Waals surface area contributed by atoms with Gasteiger partial charge in [0.25, 0.3) is 0 Å². The highest BCUT2D eigenvalue weighted by molar-refractivity contribution is 8.07. The zero-order chi connectivity index (χ0) is 40.4. The van der Waals surface area contributed by atoms with Crippen LogP contribution in [0.15, 0.2) is 25.3 Å². The molecule has 8 atom stereocenters. The molecule has 2 aliphatic rings. The molecule has 0 bridgehead atoms. The average Bonchev–Trinajstić information content (AvgIpc) is 3.97. The Labute approximate surface area is 336 Å². The van der Waals surface area contributed by atoms with Gasteiger partial charge in [-0.1, -0.05) is 84.0 Å². The summed E-state index contributed by atoms with van der Waals surface area (Å²) in [5, 5.41) is 21.7. The number of esters is 1. The number of rotatable bonds is 23. The van der Waals surface area contributed by atoms with Crippen LogP contribution in [-0.2, 0) is 39.9 Å². The molecule has 0 amide bonds. The maximum Gasteiger partial charge on any atom is 0.325 e. The molecule has 6 heterocycles. The Morgan fingerprint density at radius 3 is 1.91 bits per heavy atom. The van der Waals surface area contributed by atoms with E-state index in [0.29, 0.717) is 28.7 Å². The van der Waals surface area contributed by atoms with Gasteiger partial charge in [-0.15, -0.1) is 0 Å². The van der Waals surface area contributed by atoms with Crippen LogP contribution in [0.1, 0.15) is 116 Å². The van der Waals surface area contributed by atoms with E-state index in [1.807, 2.05) is 0 Å². The number of hydrogen-bond donors (Lipinski definition) is 5. The molecule has 0 aromatic carbocycles. The first-order valence-corrected chi connectivity index (χ1v) is 22.5. The van der Waals surface area contributed by atoms with Gasteiger partial charge in [-0.3, -0.25) is 13.9 Å². The van der Waals surface area contributed by atoms with Crippen molar-refractivity contribution in [1.82, 2.24) is 39.0 Å². The third-order valence-electron chi connectivity index (χ3n) is 10.4. The number of nitrogens with zero attached hydrogens (tertiary/aromatic N) is 8. The number of carbonyl (C=O) groups is 1. The number of fused-ring (bicyclic) bond motifs is 2. The van der Waals surface area contributed by atoms with Gasteiger partial charge in [-0.05, 0) is 18.2 Å². The normalized spacial score (nSPS) is 24.7. The maximum atomic E-state index is 12.7. The SMILES string of the molecule is CCCCCCCCCCCCCCCC(=O)OCC1CC(OP(O)(=S)OCC2OC(n3cnc4c(N)ncnc43)C(O)C2O)C(n2cnc3c(N)ncnc32)O1. The number of carbonyl (C=O) groups excluding carboxylic acids is 1. The van der Waals surface area contributed by atoms with Crippen LogP contribution in [0, 0.1) is 0 Å². The third kappa shape index (κ3) is 11.2. The number of unbranched alkanes of at least 4 members (excludes halogenated alkanes) is 12. The Bertz CT molecular complexity index is 1950. The Hall–Kier alpha value is -3.46. The molecule has 6 rings (SSSR count). The lowest BCUT2D eigenvalue weighted by atomic mass is 10.0. The summed E-state index contributed by atoms with van der Waals surface area (Å²) in [6, 6.07) is 0. The molecule has 0 radical (unpaired) electrons. The summed E-state index contributed by atoms with van der Waals surface area (Å²) in [5.74, 6) is -0.00952. The highest BCUT2D eigenvalue weighted by Crippen LogP contribution is 2.50. The summed E-state index contributed by atoms with van der Waals surface area (Å²) in [4.78, 5) is 48.8. The molecular formula is C36H55N10O9PS. The van der Waals surface area contributed by atoms with E-state index in [2.05, 4.69) is 36.8 Å². The number of ether oxygens (including phenoxy) is 3. The molecule has 8 unspecified atom stereocenters. The Morgan fingerprint density at radius 2 is 1.33 bits per heavy atom. The summed E-state index contributed by atoms with van der Waals surface area (Å²) in [6.45, 7) is -2.29. The molecule has 0 spiro atoms. The van der Waals surface area contributed by atoms with Crippen molar-refractivity contribution in [3.05, 3.63) is 25.3 Å². The monoisotopic (exact) mass is 834 g/mol. The number of aliphatic hydroxyl groups is 2. The topological polar surface area (TPSA) is 263 Å². The smallest absolute Gasteiger partial charge is 0.325 e. The lowest BCUT2D eigenvalue weighted by Crippen LogP contribution is -2.33. The zero-order valence-corrected chi connectivity index (χ0v) is 34.0. The molecule has 0 saturated carbocycles. The first kappa shape index (κ1) is 43.1. The second-order valence-corrected chi connectivity index (χ2v) is 17.5. The van der Waals surface area contributed by atoms with Gasteiger partial charge < -0.3 is 49.8 Å². The van der Waals surface area contributed by atoms with E-state index < -0.39 is 56.3 Å². The second kappa shape index (κ2) is 20.5. The van der Waals surface area contributed by atoms with Gasteiger partial charge in [-0.2, -0.15) is 0 Å². The van der Waals surface area contributed by atoms with Crippen molar-refractivity contribution in [2.24, 2.45) is 0 Å². The van der Waals surface area contributed by atoms with E-state index in [4.69, 9.17) is 46.5 Å². The van der Waals surface area contributed by atoms with Crippen molar-refractivity contribution in [2.45, 2.75) is 146 Å². The van der Waals surface area contributed by atoms with E-state index in [-0.39, 0.29) is 30.6 Å². The molecule has 21 heteroatoms. The first-order valence-electron chi connectivity index (χ1n) is 19.9. The molecule has 57 heavy (non-hydrogen) atoms. The Morgan fingerprint density at radius 1 is 0.789 bits per heavy atom. The largest absolute Gasteiger partial charge is 0.463 e. The molecule has 314 valence electrons. The standard InChI is InChI=1S/C36H55N10O9PS/c1-2-3-4-5-6-7-8-9-10-11-12-13-14-15-26(47)51-17-23-16-24(35(53-23)45-21-43-27-31(37)39-19-41-33(27)45)55-56(50,57)52-18-25-29(48)30(49)36(54-25)46-22-44-28-32(38)40-20-42-34(28)46/h19-25,29-30,35-36,48-49H,2-18H2,1H3,(H,50,57)(H2,37,39,41)(H2,38,40,42). The quantitative estimate of drug-likeness (QED) is 0.0394. The summed E-state index contributed by atoms with van der Waals surface area (Å²) >= 11 is 5.40. The van der Waals surface area contributed by atoms with Crippen molar-refractivity contribution in [3.8, 4) is 0 Å². The van der Waals surface area contributed by atoms with Crippen LogP contribution in [0.3, 0.4) is 0 Å². The number of aromatic nitrogens is 8. The van der Waals surface area contributed by atoms with Crippen molar-refractivity contribution in [2.75, 3.05) is 24.7 Å². The lowest BCUT2D eigenvalue weighted by molar-refractivity contribution is -0.148. The summed E-state index contributed by atoms with van der Waals surface area (Å²) in [7, 11) is 0. The Balaban J connectivity index is 0.987. The van der Waals surface area contributed by atoms with E-state index in [9.17, 15) is 19.9 Å². The lowest BCUT2D eigenvalue weighted by Gasteiger charge is -2.25. The van der Waals surface area contributed by atoms with Gasteiger partial charge >= 0.3 is 12.7 Å². The van der Waals surface area contributed by atoms with Crippen molar-refractivity contribution in [3.63, 3.8) is 0 Å². The fourth-order valence-electron chi connectivity index (χ4n) is 7.29. The van der Waals surface area contributed by atoms with Crippen LogP contribution in [0.5, 0.6) is 0 Å². The Kier molecular flexibility index (Phi) is 15.5. The minimum Gasteiger partial charge on any atom is -0.463 e. The van der Waals surface area contributed by atoms with Crippen LogP contribution in [-0.4, -0.2) is 104 Å². The summed E-state index contributed by atoms with van der Waals surface area (Å²) in [5.41, 5.74) is 13.2. The second-order valence-electron chi connectivity index (χ2n) is 14.7. The van der Waals surface area contributed by atoms with Crippen LogP contribution in [0.25, 0.3) is 22.3 Å². The predicted molar refractivity (Wildman–Crippen MR) is 213 cm³/mol. The number of aliphatic hydroxyl groups excluding tert-OH is 2. The molecule has 19 nitrogen and oxygen atoms in total. The van der Waals surface area contributed by atoms with Gasteiger partial charge in [0.05, 0.1) is 25.4 Å². The molecule has 4 aromatic rings. The molecule has 7 N–H and O–H groups in total. The average molecular weight is 835 g/mol. The van der Waals surface area contributed by atoms with Crippen LogP contribution in [0.4, 0.5) is 11.6 Å².